The lowest BCUT2D eigenvalue weighted by Crippen LogP contribution is -2.18. The summed E-state index contributed by atoms with van der Waals surface area (Å²) in [4.78, 5) is 24.0. The highest BCUT2D eigenvalue weighted by Crippen LogP contribution is 2.22. The fourth-order valence-corrected chi connectivity index (χ4v) is 3.19. The van der Waals surface area contributed by atoms with Crippen molar-refractivity contribution in [2.24, 2.45) is 7.05 Å². The lowest BCUT2D eigenvalue weighted by atomic mass is 10.2. The molecule has 0 bridgehead atoms. The molecule has 0 radical (unpaired) electrons. The van der Waals surface area contributed by atoms with E-state index in [0.717, 1.165) is 28.2 Å². The Morgan fingerprint density at radius 2 is 1.82 bits per heavy atom. The summed E-state index contributed by atoms with van der Waals surface area (Å²) in [5.74, 6) is -1.75. The number of carbonyl (C=O) groups excluding carboxylic acids is 1. The van der Waals surface area contributed by atoms with Crippen molar-refractivity contribution < 1.29 is 14.7 Å². The Hall–Kier alpha value is -3.43. The van der Waals surface area contributed by atoms with Crippen LogP contribution in [0, 0.1) is 20.8 Å². The number of amides is 1. The summed E-state index contributed by atoms with van der Waals surface area (Å²) < 4.78 is 4.88. The van der Waals surface area contributed by atoms with Crippen LogP contribution in [0.25, 0.3) is 0 Å². The first-order valence-electron chi connectivity index (χ1n) is 8.86. The van der Waals surface area contributed by atoms with Crippen molar-refractivity contribution in [1.29, 1.82) is 0 Å². The fourth-order valence-electron chi connectivity index (χ4n) is 3.19. The molecule has 0 unspecified atom stereocenters. The maximum atomic E-state index is 12.6. The molecule has 0 aromatic carbocycles. The highest BCUT2D eigenvalue weighted by atomic mass is 16.4. The second-order valence-electron chi connectivity index (χ2n) is 6.56. The fraction of sp³-hybridized carbons (Fsp3) is 0.389. The zero-order valence-corrected chi connectivity index (χ0v) is 16.5. The number of carboxylic acids is 1. The zero-order valence-electron chi connectivity index (χ0n) is 16.5. The van der Waals surface area contributed by atoms with Crippen molar-refractivity contribution in [1.82, 2.24) is 29.3 Å². The van der Waals surface area contributed by atoms with E-state index in [-0.39, 0.29) is 11.3 Å². The number of carbonyl (C=O) groups is 2. The normalized spacial score (nSPS) is 11.0. The second kappa shape index (κ2) is 7.29. The Labute approximate surface area is 161 Å². The molecule has 0 saturated carbocycles. The average molecular weight is 385 g/mol. The lowest BCUT2D eigenvalue weighted by Gasteiger charge is -2.07. The van der Waals surface area contributed by atoms with Gasteiger partial charge in [-0.1, -0.05) is 0 Å². The minimum atomic E-state index is -1.21. The van der Waals surface area contributed by atoms with Crippen LogP contribution in [0.5, 0.6) is 0 Å². The van der Waals surface area contributed by atoms with E-state index in [2.05, 4.69) is 20.6 Å². The Bertz CT molecular complexity index is 1060. The molecule has 0 saturated heterocycles. The predicted molar refractivity (Wildman–Crippen MR) is 102 cm³/mol. The summed E-state index contributed by atoms with van der Waals surface area (Å²) in [7, 11) is 1.48. The van der Waals surface area contributed by atoms with Crippen LogP contribution < -0.4 is 5.32 Å². The number of aromatic carboxylic acids is 1. The first-order chi connectivity index (χ1) is 13.2. The van der Waals surface area contributed by atoms with E-state index in [9.17, 15) is 14.7 Å². The van der Waals surface area contributed by atoms with Gasteiger partial charge in [0.25, 0.3) is 5.91 Å². The first-order valence-corrected chi connectivity index (χ1v) is 8.86. The van der Waals surface area contributed by atoms with Gasteiger partial charge >= 0.3 is 5.97 Å². The summed E-state index contributed by atoms with van der Waals surface area (Å²) in [5.41, 5.74) is 3.94. The van der Waals surface area contributed by atoms with E-state index in [1.807, 2.05) is 31.6 Å². The molecule has 3 heterocycles. The molecule has 0 aliphatic rings. The van der Waals surface area contributed by atoms with Gasteiger partial charge in [0.1, 0.15) is 0 Å². The Morgan fingerprint density at radius 3 is 2.43 bits per heavy atom. The number of anilines is 1. The third kappa shape index (κ3) is 3.28. The van der Waals surface area contributed by atoms with Crippen LogP contribution in [-0.2, 0) is 20.1 Å². The van der Waals surface area contributed by atoms with Crippen LogP contribution in [0.2, 0.25) is 0 Å². The summed E-state index contributed by atoms with van der Waals surface area (Å²) in [5, 5.41) is 24.8. The lowest BCUT2D eigenvalue weighted by molar-refractivity contribution is 0.0680. The molecule has 10 heteroatoms. The van der Waals surface area contributed by atoms with E-state index in [1.54, 1.807) is 11.6 Å². The molecule has 28 heavy (non-hydrogen) atoms. The van der Waals surface area contributed by atoms with Crippen molar-refractivity contribution in [3.8, 4) is 0 Å². The van der Waals surface area contributed by atoms with Crippen molar-refractivity contribution in [3.63, 3.8) is 0 Å². The van der Waals surface area contributed by atoms with Gasteiger partial charge in [-0.05, 0) is 27.7 Å². The summed E-state index contributed by atoms with van der Waals surface area (Å²) >= 11 is 0. The van der Waals surface area contributed by atoms with Crippen LogP contribution in [-0.4, -0.2) is 46.3 Å². The quantitative estimate of drug-likeness (QED) is 0.667. The van der Waals surface area contributed by atoms with Gasteiger partial charge < -0.3 is 10.4 Å². The second-order valence-corrected chi connectivity index (χ2v) is 6.56. The number of aromatic nitrogens is 6. The van der Waals surface area contributed by atoms with Gasteiger partial charge in [0.05, 0.1) is 41.6 Å². The molecule has 10 nitrogen and oxygen atoms in total. The third-order valence-corrected chi connectivity index (χ3v) is 4.83. The van der Waals surface area contributed by atoms with E-state index in [0.29, 0.717) is 17.9 Å². The van der Waals surface area contributed by atoms with Gasteiger partial charge in [-0.15, -0.1) is 0 Å². The van der Waals surface area contributed by atoms with Crippen molar-refractivity contribution in [2.45, 2.75) is 40.8 Å². The molecule has 0 aliphatic heterocycles. The van der Waals surface area contributed by atoms with E-state index >= 15 is 0 Å². The van der Waals surface area contributed by atoms with Gasteiger partial charge in [-0.2, -0.15) is 15.3 Å². The minimum absolute atomic E-state index is 0.00150. The summed E-state index contributed by atoms with van der Waals surface area (Å²) in [6.45, 7) is 9.02. The monoisotopic (exact) mass is 385 g/mol. The minimum Gasteiger partial charge on any atom is -0.477 e. The van der Waals surface area contributed by atoms with Crippen LogP contribution in [0.15, 0.2) is 12.4 Å². The van der Waals surface area contributed by atoms with E-state index in [4.69, 9.17) is 0 Å². The average Bonchev–Trinajstić information content (AvgIpc) is 3.27. The largest absolute Gasteiger partial charge is 0.477 e. The predicted octanol–water partition coefficient (Wildman–Crippen LogP) is 1.76. The molecular weight excluding hydrogens is 362 g/mol. The highest BCUT2D eigenvalue weighted by molar-refractivity contribution is 6.10. The number of hydrogen-bond donors (Lipinski definition) is 2. The number of rotatable bonds is 6. The number of hydrogen-bond acceptors (Lipinski definition) is 5. The Balaban J connectivity index is 1.87. The molecule has 0 aliphatic carbocycles. The molecule has 148 valence electrons. The Kier molecular flexibility index (Phi) is 5.04. The molecule has 2 N–H and O–H groups in total. The molecule has 3 rings (SSSR count). The molecule has 1 amide bonds. The van der Waals surface area contributed by atoms with E-state index in [1.165, 1.54) is 13.2 Å². The van der Waals surface area contributed by atoms with Gasteiger partial charge in [-0.3, -0.25) is 18.8 Å². The maximum absolute atomic E-state index is 12.6. The third-order valence-electron chi connectivity index (χ3n) is 4.83. The molecule has 0 atom stereocenters. The van der Waals surface area contributed by atoms with Crippen LogP contribution in [0.1, 0.15) is 50.4 Å². The smallest absolute Gasteiger partial charge is 0.354 e. The van der Waals surface area contributed by atoms with Crippen LogP contribution in [0.3, 0.4) is 0 Å². The summed E-state index contributed by atoms with van der Waals surface area (Å²) in [6.07, 6.45) is 3.07. The van der Waals surface area contributed by atoms with Crippen LogP contribution in [0.4, 0.5) is 5.69 Å². The Morgan fingerprint density at radius 1 is 1.11 bits per heavy atom. The number of aryl methyl sites for hydroxylation is 3. The molecular formula is C18H23N7O3. The van der Waals surface area contributed by atoms with Gasteiger partial charge in [-0.25, -0.2) is 4.79 Å². The molecule has 3 aromatic heterocycles. The molecule has 0 spiro atoms. The maximum Gasteiger partial charge on any atom is 0.354 e. The van der Waals surface area contributed by atoms with Gasteiger partial charge in [0.2, 0.25) is 0 Å². The first kappa shape index (κ1) is 19.3. The van der Waals surface area contributed by atoms with Crippen molar-refractivity contribution >= 4 is 17.6 Å². The molecule has 0 fully saturated rings. The van der Waals surface area contributed by atoms with Crippen molar-refractivity contribution in [3.05, 3.63) is 46.3 Å². The molecule has 3 aromatic rings. The number of carboxylic acid groups (broad SMARTS) is 1. The zero-order chi connectivity index (χ0) is 20.6. The summed E-state index contributed by atoms with van der Waals surface area (Å²) in [6, 6.07) is 0. The number of nitrogens with one attached hydrogen (secondary N) is 1. The van der Waals surface area contributed by atoms with Gasteiger partial charge in [0.15, 0.2) is 5.69 Å². The van der Waals surface area contributed by atoms with Gasteiger partial charge in [0, 0.05) is 24.8 Å². The van der Waals surface area contributed by atoms with Crippen molar-refractivity contribution in [2.75, 3.05) is 5.32 Å². The standard InChI is InChI=1S/C18H23N7O3/c1-6-24-11(3)13(7-20-24)9-25-12(4)15(10(2)22-25)21-17(26)14-8-19-23(5)16(14)18(27)28/h7-8H,6,9H2,1-5H3,(H,21,26)(H,27,28). The number of nitrogens with zero attached hydrogens (tertiary/aromatic N) is 6. The van der Waals surface area contributed by atoms with E-state index < -0.39 is 11.9 Å². The highest BCUT2D eigenvalue weighted by Gasteiger charge is 2.23. The van der Waals surface area contributed by atoms with Crippen LogP contribution >= 0.6 is 0 Å². The SMILES string of the molecule is CCn1ncc(Cn2nc(C)c(NC(=O)c3cnn(C)c3C(=O)O)c2C)c1C. The topological polar surface area (TPSA) is 120 Å².